The molecule has 2 aromatic heterocycles. The van der Waals surface area contributed by atoms with Crippen molar-refractivity contribution >= 4 is 34.5 Å². The van der Waals surface area contributed by atoms with Gasteiger partial charge in [-0.05, 0) is 49.6 Å². The van der Waals surface area contributed by atoms with Gasteiger partial charge in [-0.15, -0.1) is 0 Å². The number of hydrogen-bond acceptors (Lipinski definition) is 6. The lowest BCUT2D eigenvalue weighted by Crippen LogP contribution is -2.13. The molecule has 4 aromatic rings. The second-order valence-corrected chi connectivity index (χ2v) is 8.83. The van der Waals surface area contributed by atoms with E-state index in [1.54, 1.807) is 25.1 Å². The lowest BCUT2D eigenvalue weighted by Gasteiger charge is -2.10. The number of rotatable bonds is 7. The number of amides is 1. The highest BCUT2D eigenvalue weighted by Gasteiger charge is 2.28. The number of nitrogens with zero attached hydrogens (tertiary/aromatic N) is 4. The van der Waals surface area contributed by atoms with Crippen molar-refractivity contribution in [2.24, 2.45) is 0 Å². The predicted octanol–water partition coefficient (Wildman–Crippen LogP) is 6.46. The average Bonchev–Trinajstić information content (AvgIpc) is 3.59. The molecule has 1 N–H and O–H groups in total. The number of aromatic nitrogens is 3. The molecule has 12 heteroatoms. The van der Waals surface area contributed by atoms with Gasteiger partial charge in [0.15, 0.2) is 11.3 Å². The number of aryl methyl sites for hydroxylation is 1. The number of nitro benzene ring substituents is 1. The predicted molar refractivity (Wildman–Crippen MR) is 127 cm³/mol. The largest absolute Gasteiger partial charge is 0.457 e. The SMILES string of the molecule is Cc1cc(Oc2cc(NC(=O)c3cc4nc(C5CC5)cc(C(F)F)n4n3)cc([N+](=O)[O-])c2)ccc1Cl. The number of nitro groups is 1. The summed E-state index contributed by atoms with van der Waals surface area (Å²) in [7, 11) is 0. The Bertz CT molecular complexity index is 1520. The summed E-state index contributed by atoms with van der Waals surface area (Å²) < 4.78 is 33.9. The normalized spacial score (nSPS) is 13.2. The summed E-state index contributed by atoms with van der Waals surface area (Å²) in [4.78, 5) is 28.1. The van der Waals surface area contributed by atoms with E-state index in [4.69, 9.17) is 16.3 Å². The molecule has 5 rings (SSSR count). The number of halogens is 3. The van der Waals surface area contributed by atoms with Crippen LogP contribution in [0.25, 0.3) is 5.65 Å². The first kappa shape index (κ1) is 23.6. The summed E-state index contributed by atoms with van der Waals surface area (Å²) in [5.74, 6) is -0.117. The molecule has 36 heavy (non-hydrogen) atoms. The Hall–Kier alpha value is -4.12. The second-order valence-electron chi connectivity index (χ2n) is 8.42. The van der Waals surface area contributed by atoms with Crippen LogP contribution in [0.15, 0.2) is 48.5 Å². The minimum Gasteiger partial charge on any atom is -0.457 e. The van der Waals surface area contributed by atoms with Crippen LogP contribution in [0.3, 0.4) is 0 Å². The van der Waals surface area contributed by atoms with Crippen molar-refractivity contribution < 1.29 is 23.2 Å². The summed E-state index contributed by atoms with van der Waals surface area (Å²) >= 11 is 6.03. The Kier molecular flexibility index (Phi) is 6.00. The van der Waals surface area contributed by atoms with Gasteiger partial charge in [0.05, 0.1) is 16.7 Å². The zero-order chi connectivity index (χ0) is 25.6. The van der Waals surface area contributed by atoms with E-state index in [0.717, 1.165) is 29.0 Å². The Morgan fingerprint density at radius 2 is 1.97 bits per heavy atom. The third-order valence-corrected chi connectivity index (χ3v) is 6.08. The first-order chi connectivity index (χ1) is 17.2. The highest BCUT2D eigenvalue weighted by atomic mass is 35.5. The van der Waals surface area contributed by atoms with Crippen LogP contribution in [-0.4, -0.2) is 25.4 Å². The van der Waals surface area contributed by atoms with E-state index >= 15 is 0 Å². The van der Waals surface area contributed by atoms with Crippen molar-refractivity contribution in [1.82, 2.24) is 14.6 Å². The topological polar surface area (TPSA) is 112 Å². The van der Waals surface area contributed by atoms with Crippen LogP contribution >= 0.6 is 11.6 Å². The van der Waals surface area contributed by atoms with E-state index in [9.17, 15) is 23.7 Å². The van der Waals surface area contributed by atoms with Gasteiger partial charge in [0, 0.05) is 34.8 Å². The summed E-state index contributed by atoms with van der Waals surface area (Å²) in [5, 5.41) is 18.5. The quantitative estimate of drug-likeness (QED) is 0.224. The standard InChI is InChI=1S/C24H18ClF2N5O4/c1-12-6-16(4-5-18(12)25)36-17-8-14(7-15(9-17)32(34)35)28-24(33)20-11-22-29-19(13-2-3-13)10-21(23(26)27)31(22)30-20/h4-11,13,23H,2-3H2,1H3,(H,28,33). The number of non-ortho nitro benzene ring substituents is 1. The van der Waals surface area contributed by atoms with Gasteiger partial charge in [-0.2, -0.15) is 5.10 Å². The van der Waals surface area contributed by atoms with E-state index in [1.165, 1.54) is 24.3 Å². The zero-order valence-corrected chi connectivity index (χ0v) is 19.5. The number of alkyl halides is 2. The number of hydrogen-bond donors (Lipinski definition) is 1. The van der Waals surface area contributed by atoms with Crippen LogP contribution in [0.5, 0.6) is 11.5 Å². The van der Waals surface area contributed by atoms with E-state index in [2.05, 4.69) is 15.4 Å². The van der Waals surface area contributed by atoms with Crippen LogP contribution in [0, 0.1) is 17.0 Å². The van der Waals surface area contributed by atoms with Crippen molar-refractivity contribution in [2.75, 3.05) is 5.32 Å². The van der Waals surface area contributed by atoms with E-state index in [-0.39, 0.29) is 40.1 Å². The number of benzene rings is 2. The first-order valence-electron chi connectivity index (χ1n) is 10.9. The third kappa shape index (κ3) is 4.82. The van der Waals surface area contributed by atoms with Gasteiger partial charge in [-0.25, -0.2) is 18.3 Å². The Morgan fingerprint density at radius 1 is 1.19 bits per heavy atom. The van der Waals surface area contributed by atoms with Gasteiger partial charge in [-0.1, -0.05) is 11.6 Å². The lowest BCUT2D eigenvalue weighted by molar-refractivity contribution is -0.384. The van der Waals surface area contributed by atoms with E-state index < -0.39 is 17.3 Å². The maximum absolute atomic E-state index is 13.6. The summed E-state index contributed by atoms with van der Waals surface area (Å²) in [6, 6.07) is 11.3. The second kappa shape index (κ2) is 9.15. The fourth-order valence-electron chi connectivity index (χ4n) is 3.70. The third-order valence-electron chi connectivity index (χ3n) is 5.65. The molecule has 9 nitrogen and oxygen atoms in total. The zero-order valence-electron chi connectivity index (χ0n) is 18.7. The van der Waals surface area contributed by atoms with Crippen molar-refractivity contribution in [2.45, 2.75) is 32.1 Å². The molecule has 1 aliphatic carbocycles. The number of ether oxygens (including phenoxy) is 1. The van der Waals surface area contributed by atoms with Gasteiger partial charge in [0.2, 0.25) is 0 Å². The molecule has 0 spiro atoms. The minimum atomic E-state index is -2.81. The maximum atomic E-state index is 13.6. The van der Waals surface area contributed by atoms with Gasteiger partial charge >= 0.3 is 0 Å². The van der Waals surface area contributed by atoms with Crippen molar-refractivity contribution in [3.05, 3.63) is 86.3 Å². The molecule has 0 saturated heterocycles. The number of fused-ring (bicyclic) bond motifs is 1. The lowest BCUT2D eigenvalue weighted by atomic mass is 10.2. The molecule has 0 radical (unpaired) electrons. The molecule has 1 saturated carbocycles. The smallest absolute Gasteiger partial charge is 0.280 e. The molecule has 0 bridgehead atoms. The van der Waals surface area contributed by atoms with Crippen LogP contribution in [0.1, 0.15) is 52.6 Å². The molecule has 1 fully saturated rings. The number of carbonyl (C=O) groups excluding carboxylic acids is 1. The van der Waals surface area contributed by atoms with Gasteiger partial charge in [-0.3, -0.25) is 14.9 Å². The molecule has 2 heterocycles. The van der Waals surface area contributed by atoms with E-state index in [1.807, 2.05) is 0 Å². The summed E-state index contributed by atoms with van der Waals surface area (Å²) in [6.45, 7) is 1.78. The van der Waals surface area contributed by atoms with Crippen molar-refractivity contribution in [1.29, 1.82) is 0 Å². The fourth-order valence-corrected chi connectivity index (χ4v) is 3.82. The van der Waals surface area contributed by atoms with Gasteiger partial charge in [0.1, 0.15) is 17.2 Å². The van der Waals surface area contributed by atoms with Crippen molar-refractivity contribution in [3.63, 3.8) is 0 Å². The average molecular weight is 514 g/mol. The van der Waals surface area contributed by atoms with Crippen LogP contribution in [0.2, 0.25) is 5.02 Å². The highest BCUT2D eigenvalue weighted by Crippen LogP contribution is 2.40. The van der Waals surface area contributed by atoms with Crippen molar-refractivity contribution in [3.8, 4) is 11.5 Å². The molecule has 1 aliphatic rings. The molecule has 0 unspecified atom stereocenters. The molecular formula is C24H18ClF2N5O4. The molecule has 0 aliphatic heterocycles. The summed E-state index contributed by atoms with van der Waals surface area (Å²) in [5.41, 5.74) is 0.641. The van der Waals surface area contributed by atoms with Crippen LogP contribution in [-0.2, 0) is 0 Å². The highest BCUT2D eigenvalue weighted by molar-refractivity contribution is 6.31. The Morgan fingerprint density at radius 3 is 2.64 bits per heavy atom. The molecule has 1 amide bonds. The molecular weight excluding hydrogens is 496 g/mol. The summed E-state index contributed by atoms with van der Waals surface area (Å²) in [6.07, 6.45) is -1.06. The fraction of sp³-hybridized carbons (Fsp3) is 0.208. The maximum Gasteiger partial charge on any atom is 0.280 e. The van der Waals surface area contributed by atoms with E-state index in [0.29, 0.717) is 16.5 Å². The minimum absolute atomic E-state index is 0.0626. The molecule has 2 aromatic carbocycles. The number of carbonyl (C=O) groups is 1. The number of anilines is 1. The van der Waals surface area contributed by atoms with Gasteiger partial charge in [0.25, 0.3) is 18.0 Å². The molecule has 184 valence electrons. The monoisotopic (exact) mass is 513 g/mol. The van der Waals surface area contributed by atoms with Gasteiger partial charge < -0.3 is 10.1 Å². The van der Waals surface area contributed by atoms with Crippen LogP contribution < -0.4 is 10.1 Å². The van der Waals surface area contributed by atoms with Crippen LogP contribution in [0.4, 0.5) is 20.2 Å². The Labute approximate surface area is 207 Å². The molecule has 0 atom stereocenters. The Balaban J connectivity index is 1.45. The number of nitrogens with one attached hydrogen (secondary N) is 1. The first-order valence-corrected chi connectivity index (χ1v) is 11.3.